The molecule has 5 heteroatoms. The van der Waals surface area contributed by atoms with Crippen LogP contribution in [0.2, 0.25) is 0 Å². The number of aromatic nitrogens is 2. The van der Waals surface area contributed by atoms with E-state index < -0.39 is 0 Å². The molecule has 0 saturated carbocycles. The van der Waals surface area contributed by atoms with Crippen molar-refractivity contribution >= 4 is 22.6 Å². The fourth-order valence-electron chi connectivity index (χ4n) is 2.34. The lowest BCUT2D eigenvalue weighted by Gasteiger charge is -2.18. The quantitative estimate of drug-likeness (QED) is 0.767. The average molecular weight is 297 g/mol. The van der Waals surface area contributed by atoms with E-state index in [0.717, 1.165) is 16.9 Å². The number of alkyl halides is 1. The van der Waals surface area contributed by atoms with Gasteiger partial charge >= 0.3 is 0 Å². The van der Waals surface area contributed by atoms with Gasteiger partial charge in [0, 0.05) is 14.2 Å². The number of halogens is 1. The van der Waals surface area contributed by atoms with E-state index in [1.807, 2.05) is 6.92 Å². The number of rotatable bonds is 6. The van der Waals surface area contributed by atoms with Crippen LogP contribution in [-0.4, -0.2) is 36.5 Å². The van der Waals surface area contributed by atoms with Gasteiger partial charge in [-0.05, 0) is 31.5 Å². The first-order chi connectivity index (χ1) is 9.56. The van der Waals surface area contributed by atoms with Crippen molar-refractivity contribution in [2.45, 2.75) is 31.9 Å². The molecule has 0 aliphatic heterocycles. The molecule has 1 aromatic heterocycles. The van der Waals surface area contributed by atoms with Gasteiger partial charge in [-0.2, -0.15) is 0 Å². The minimum absolute atomic E-state index is 0.0205. The Morgan fingerprint density at radius 1 is 1.35 bits per heavy atom. The van der Waals surface area contributed by atoms with Crippen LogP contribution < -0.4 is 0 Å². The number of methoxy groups -OCH3 is 2. The van der Waals surface area contributed by atoms with E-state index in [0.29, 0.717) is 13.2 Å². The fraction of sp³-hybridized carbons (Fsp3) is 0.533. The molecular formula is C15H21ClN2O2. The molecule has 0 saturated heterocycles. The number of hydrogen-bond acceptors (Lipinski definition) is 3. The lowest BCUT2D eigenvalue weighted by Crippen LogP contribution is -2.24. The summed E-state index contributed by atoms with van der Waals surface area (Å²) in [4.78, 5) is 4.66. The molecule has 2 atom stereocenters. The lowest BCUT2D eigenvalue weighted by atomic mass is 10.2. The summed E-state index contributed by atoms with van der Waals surface area (Å²) in [5, 5.41) is -0.150. The van der Waals surface area contributed by atoms with Crippen molar-refractivity contribution in [2.75, 3.05) is 20.8 Å². The summed E-state index contributed by atoms with van der Waals surface area (Å²) in [7, 11) is 3.36. The summed E-state index contributed by atoms with van der Waals surface area (Å²) >= 11 is 6.27. The topological polar surface area (TPSA) is 36.3 Å². The Morgan fingerprint density at radius 2 is 2.10 bits per heavy atom. The average Bonchev–Trinajstić information content (AvgIpc) is 2.76. The summed E-state index contributed by atoms with van der Waals surface area (Å²) in [5.41, 5.74) is 3.24. The highest BCUT2D eigenvalue weighted by Gasteiger charge is 2.18. The number of nitrogens with zero attached hydrogens (tertiary/aromatic N) is 2. The number of benzene rings is 1. The third kappa shape index (κ3) is 3.14. The molecule has 1 heterocycles. The number of ether oxygens (including phenoxy) is 2. The smallest absolute Gasteiger partial charge is 0.127 e. The Labute approximate surface area is 124 Å². The van der Waals surface area contributed by atoms with Gasteiger partial charge in [0.05, 0.1) is 35.7 Å². The molecule has 1 aromatic carbocycles. The molecule has 0 aliphatic rings. The van der Waals surface area contributed by atoms with Crippen molar-refractivity contribution in [2.24, 2.45) is 0 Å². The van der Waals surface area contributed by atoms with E-state index in [9.17, 15) is 0 Å². The third-order valence-electron chi connectivity index (χ3n) is 3.36. The SMILES string of the molecule is COCC(Cn1c(C(C)Cl)nc2cc(C)ccc21)OC. The van der Waals surface area contributed by atoms with Crippen LogP contribution >= 0.6 is 11.6 Å². The summed E-state index contributed by atoms with van der Waals surface area (Å²) in [5.74, 6) is 0.866. The number of fused-ring (bicyclic) bond motifs is 1. The largest absolute Gasteiger partial charge is 0.382 e. The molecular weight excluding hydrogens is 276 g/mol. The Bertz CT molecular complexity index is 581. The second kappa shape index (κ2) is 6.57. The standard InChI is InChI=1S/C15H21ClN2O2/c1-10-5-6-14-13(7-10)17-15(11(2)16)18(14)8-12(20-4)9-19-3/h5-7,11-12H,8-9H2,1-4H3. The van der Waals surface area contributed by atoms with Crippen molar-refractivity contribution < 1.29 is 9.47 Å². The van der Waals surface area contributed by atoms with Crippen LogP contribution in [0.15, 0.2) is 18.2 Å². The van der Waals surface area contributed by atoms with Crippen molar-refractivity contribution in [1.82, 2.24) is 9.55 Å². The van der Waals surface area contributed by atoms with Crippen LogP contribution in [0, 0.1) is 6.92 Å². The minimum Gasteiger partial charge on any atom is -0.382 e. The molecule has 0 bridgehead atoms. The van der Waals surface area contributed by atoms with Crippen LogP contribution in [-0.2, 0) is 16.0 Å². The highest BCUT2D eigenvalue weighted by Crippen LogP contribution is 2.25. The van der Waals surface area contributed by atoms with Gasteiger partial charge in [0.2, 0.25) is 0 Å². The van der Waals surface area contributed by atoms with Crippen molar-refractivity contribution in [1.29, 1.82) is 0 Å². The fourth-order valence-corrected chi connectivity index (χ4v) is 2.51. The molecule has 2 aromatic rings. The first-order valence-electron chi connectivity index (χ1n) is 6.69. The summed E-state index contributed by atoms with van der Waals surface area (Å²) in [6, 6.07) is 6.24. The maximum absolute atomic E-state index is 6.27. The van der Waals surface area contributed by atoms with E-state index in [2.05, 4.69) is 34.7 Å². The summed E-state index contributed by atoms with van der Waals surface area (Å²) in [6.45, 7) is 5.21. The second-order valence-electron chi connectivity index (χ2n) is 5.00. The Balaban J connectivity index is 2.45. The molecule has 0 N–H and O–H groups in total. The van der Waals surface area contributed by atoms with Gasteiger partial charge in [0.25, 0.3) is 0 Å². The van der Waals surface area contributed by atoms with Crippen LogP contribution in [0.25, 0.3) is 11.0 Å². The number of imidazole rings is 1. The highest BCUT2D eigenvalue weighted by molar-refractivity contribution is 6.20. The maximum atomic E-state index is 6.27. The first-order valence-corrected chi connectivity index (χ1v) is 7.13. The molecule has 0 amide bonds. The Morgan fingerprint density at radius 3 is 2.70 bits per heavy atom. The lowest BCUT2D eigenvalue weighted by molar-refractivity contribution is 0.0185. The predicted molar refractivity (Wildman–Crippen MR) is 81.4 cm³/mol. The van der Waals surface area contributed by atoms with Gasteiger partial charge in [-0.15, -0.1) is 11.6 Å². The molecule has 0 fully saturated rings. The zero-order valence-corrected chi connectivity index (χ0v) is 13.1. The van der Waals surface area contributed by atoms with Crippen LogP contribution in [0.4, 0.5) is 0 Å². The zero-order valence-electron chi connectivity index (χ0n) is 12.4. The third-order valence-corrected chi connectivity index (χ3v) is 3.56. The predicted octanol–water partition coefficient (Wildman–Crippen LogP) is 3.31. The van der Waals surface area contributed by atoms with Gasteiger partial charge in [0.15, 0.2) is 0 Å². The first kappa shape index (κ1) is 15.3. The van der Waals surface area contributed by atoms with Crippen LogP contribution in [0.3, 0.4) is 0 Å². The van der Waals surface area contributed by atoms with E-state index in [1.54, 1.807) is 14.2 Å². The normalized spacial score (nSPS) is 14.7. The van der Waals surface area contributed by atoms with E-state index in [-0.39, 0.29) is 11.5 Å². The van der Waals surface area contributed by atoms with Gasteiger partial charge in [-0.1, -0.05) is 6.07 Å². The second-order valence-corrected chi connectivity index (χ2v) is 5.66. The maximum Gasteiger partial charge on any atom is 0.127 e. The molecule has 2 rings (SSSR count). The van der Waals surface area contributed by atoms with Crippen LogP contribution in [0.5, 0.6) is 0 Å². The van der Waals surface area contributed by atoms with Gasteiger partial charge < -0.3 is 14.0 Å². The van der Waals surface area contributed by atoms with Gasteiger partial charge in [0.1, 0.15) is 5.82 Å². The molecule has 110 valence electrons. The van der Waals surface area contributed by atoms with Gasteiger partial charge in [-0.3, -0.25) is 0 Å². The Hall–Kier alpha value is -1.10. The minimum atomic E-state index is -0.150. The van der Waals surface area contributed by atoms with E-state index in [4.69, 9.17) is 21.1 Å². The molecule has 0 radical (unpaired) electrons. The summed E-state index contributed by atoms with van der Waals surface area (Å²) in [6.07, 6.45) is -0.0205. The number of hydrogen-bond donors (Lipinski definition) is 0. The molecule has 0 spiro atoms. The van der Waals surface area contributed by atoms with Crippen LogP contribution in [0.1, 0.15) is 23.7 Å². The zero-order chi connectivity index (χ0) is 14.7. The molecule has 0 aliphatic carbocycles. The van der Waals surface area contributed by atoms with Crippen molar-refractivity contribution in [3.8, 4) is 0 Å². The molecule has 2 unspecified atom stereocenters. The van der Waals surface area contributed by atoms with E-state index >= 15 is 0 Å². The van der Waals surface area contributed by atoms with Gasteiger partial charge in [-0.25, -0.2) is 4.98 Å². The van der Waals surface area contributed by atoms with E-state index in [1.165, 1.54) is 5.56 Å². The molecule has 4 nitrogen and oxygen atoms in total. The number of aryl methyl sites for hydroxylation is 1. The van der Waals surface area contributed by atoms with Crippen molar-refractivity contribution in [3.63, 3.8) is 0 Å². The monoisotopic (exact) mass is 296 g/mol. The Kier molecular flexibility index (Phi) is 5.02. The summed E-state index contributed by atoms with van der Waals surface area (Å²) < 4.78 is 12.8. The van der Waals surface area contributed by atoms with Crippen molar-refractivity contribution in [3.05, 3.63) is 29.6 Å². The molecule has 20 heavy (non-hydrogen) atoms. The highest BCUT2D eigenvalue weighted by atomic mass is 35.5.